The van der Waals surface area contributed by atoms with E-state index < -0.39 is 0 Å². The van der Waals surface area contributed by atoms with Crippen LogP contribution in [-0.2, 0) is 6.42 Å². The second-order valence-corrected chi connectivity index (χ2v) is 3.47. The number of aromatic nitrogens is 2. The maximum atomic E-state index is 5.65. The van der Waals surface area contributed by atoms with Crippen molar-refractivity contribution in [2.45, 2.75) is 31.3 Å². The Bertz CT molecular complexity index is 243. The number of hydrogen-bond acceptors (Lipinski definition) is 5. The highest BCUT2D eigenvalue weighted by Crippen LogP contribution is 2.16. The van der Waals surface area contributed by atoms with Crippen LogP contribution in [0.15, 0.2) is 10.9 Å². The molecule has 0 radical (unpaired) electrons. The van der Waals surface area contributed by atoms with Crippen LogP contribution in [0.1, 0.15) is 18.7 Å². The fourth-order valence-electron chi connectivity index (χ4n) is 1.52. The zero-order valence-corrected chi connectivity index (χ0v) is 7.44. The molecule has 1 aliphatic rings. The van der Waals surface area contributed by atoms with Gasteiger partial charge >= 0.3 is 0 Å². The molecule has 13 heavy (non-hydrogen) atoms. The van der Waals surface area contributed by atoms with Crippen molar-refractivity contribution >= 4 is 0 Å². The molecule has 72 valence electrons. The van der Waals surface area contributed by atoms with Crippen LogP contribution in [0.4, 0.5) is 0 Å². The summed E-state index contributed by atoms with van der Waals surface area (Å²) in [6.45, 7) is 0.888. The smallest absolute Gasteiger partial charge is 0.227 e. The molecule has 0 bridgehead atoms. The lowest BCUT2D eigenvalue weighted by atomic mass is 9.88. The van der Waals surface area contributed by atoms with E-state index in [0.717, 1.165) is 25.8 Å². The van der Waals surface area contributed by atoms with Crippen molar-refractivity contribution in [3.8, 4) is 0 Å². The van der Waals surface area contributed by atoms with E-state index in [1.165, 1.54) is 6.33 Å². The Kier molecular flexibility index (Phi) is 2.56. The molecule has 3 N–H and O–H groups in total. The third kappa shape index (κ3) is 2.26. The van der Waals surface area contributed by atoms with Crippen LogP contribution in [0.2, 0.25) is 0 Å². The predicted molar refractivity (Wildman–Crippen MR) is 47.0 cm³/mol. The summed E-state index contributed by atoms with van der Waals surface area (Å²) in [5, 5.41) is 6.91. The largest absolute Gasteiger partial charge is 0.340 e. The van der Waals surface area contributed by atoms with Gasteiger partial charge in [0.15, 0.2) is 6.33 Å². The van der Waals surface area contributed by atoms with Gasteiger partial charge in [0, 0.05) is 25.0 Å². The lowest BCUT2D eigenvalue weighted by Crippen LogP contribution is -2.48. The Labute approximate surface area is 76.7 Å². The van der Waals surface area contributed by atoms with Crippen molar-refractivity contribution in [2.24, 2.45) is 5.73 Å². The molecule has 0 amide bonds. The van der Waals surface area contributed by atoms with E-state index in [2.05, 4.69) is 15.5 Å². The van der Waals surface area contributed by atoms with Crippen LogP contribution in [0, 0.1) is 0 Å². The summed E-state index contributed by atoms with van der Waals surface area (Å²) in [4.78, 5) is 3.93. The van der Waals surface area contributed by atoms with E-state index >= 15 is 0 Å². The molecule has 5 heteroatoms. The topological polar surface area (TPSA) is 77.0 Å². The number of nitrogens with two attached hydrogens (primary N) is 1. The van der Waals surface area contributed by atoms with Gasteiger partial charge in [-0.25, -0.2) is 0 Å². The highest BCUT2D eigenvalue weighted by Gasteiger charge is 2.24. The standard InChI is InChI=1S/C8H14N4O/c9-6-3-7(4-6)10-2-1-8-11-5-12-13-8/h5-7,10H,1-4,9H2. The number of hydrogen-bond donors (Lipinski definition) is 2. The molecule has 0 unspecified atom stereocenters. The van der Waals surface area contributed by atoms with Gasteiger partial charge in [0.2, 0.25) is 5.89 Å². The maximum absolute atomic E-state index is 5.65. The molecule has 0 saturated heterocycles. The molecule has 2 rings (SSSR count). The van der Waals surface area contributed by atoms with E-state index in [1.807, 2.05) is 0 Å². The first-order chi connectivity index (χ1) is 6.34. The molecule has 1 aliphatic carbocycles. The van der Waals surface area contributed by atoms with Crippen LogP contribution >= 0.6 is 0 Å². The molecule has 5 nitrogen and oxygen atoms in total. The second kappa shape index (κ2) is 3.85. The molecular weight excluding hydrogens is 168 g/mol. The van der Waals surface area contributed by atoms with Gasteiger partial charge in [-0.05, 0) is 12.8 Å². The van der Waals surface area contributed by atoms with Crippen molar-refractivity contribution in [1.29, 1.82) is 0 Å². The minimum atomic E-state index is 0.404. The van der Waals surface area contributed by atoms with Gasteiger partial charge < -0.3 is 15.6 Å². The van der Waals surface area contributed by atoms with E-state index in [4.69, 9.17) is 10.3 Å². The first-order valence-corrected chi connectivity index (χ1v) is 4.59. The van der Waals surface area contributed by atoms with Crippen molar-refractivity contribution in [2.75, 3.05) is 6.54 Å². The van der Waals surface area contributed by atoms with Crippen LogP contribution in [0.3, 0.4) is 0 Å². The third-order valence-corrected chi connectivity index (χ3v) is 2.35. The summed E-state index contributed by atoms with van der Waals surface area (Å²) in [7, 11) is 0. The third-order valence-electron chi connectivity index (χ3n) is 2.35. The minimum absolute atomic E-state index is 0.404. The Balaban J connectivity index is 1.59. The monoisotopic (exact) mass is 182 g/mol. The summed E-state index contributed by atoms with van der Waals surface area (Å²) >= 11 is 0. The van der Waals surface area contributed by atoms with Crippen LogP contribution in [0.5, 0.6) is 0 Å². The number of nitrogens with zero attached hydrogens (tertiary/aromatic N) is 2. The summed E-state index contributed by atoms with van der Waals surface area (Å²) < 4.78 is 4.86. The first kappa shape index (κ1) is 8.65. The molecule has 1 saturated carbocycles. The van der Waals surface area contributed by atoms with Gasteiger partial charge in [0.05, 0.1) is 0 Å². The Morgan fingerprint density at radius 3 is 3.08 bits per heavy atom. The van der Waals surface area contributed by atoms with Crippen molar-refractivity contribution in [3.63, 3.8) is 0 Å². The zero-order chi connectivity index (χ0) is 9.10. The Morgan fingerprint density at radius 1 is 1.62 bits per heavy atom. The zero-order valence-electron chi connectivity index (χ0n) is 7.44. The van der Waals surface area contributed by atoms with E-state index in [1.54, 1.807) is 0 Å². The SMILES string of the molecule is NC1CC(NCCc2ncno2)C1. The maximum Gasteiger partial charge on any atom is 0.227 e. The average Bonchev–Trinajstić information content (AvgIpc) is 2.53. The van der Waals surface area contributed by atoms with Gasteiger partial charge in [-0.15, -0.1) is 0 Å². The molecule has 1 aromatic rings. The Morgan fingerprint density at radius 2 is 2.46 bits per heavy atom. The summed E-state index contributed by atoms with van der Waals surface area (Å²) in [5.41, 5.74) is 5.65. The molecule has 0 spiro atoms. The molecular formula is C8H14N4O. The van der Waals surface area contributed by atoms with Crippen LogP contribution in [-0.4, -0.2) is 28.8 Å². The lowest BCUT2D eigenvalue weighted by molar-refractivity contribution is 0.288. The van der Waals surface area contributed by atoms with E-state index in [0.29, 0.717) is 18.0 Å². The predicted octanol–water partition coefficient (Wildman–Crippen LogP) is -0.309. The van der Waals surface area contributed by atoms with Crippen LogP contribution in [0.25, 0.3) is 0 Å². The summed E-state index contributed by atoms with van der Waals surface area (Å²) in [6.07, 6.45) is 4.40. The van der Waals surface area contributed by atoms with Crippen LogP contribution < -0.4 is 11.1 Å². The highest BCUT2D eigenvalue weighted by molar-refractivity contribution is 4.88. The lowest BCUT2D eigenvalue weighted by Gasteiger charge is -2.33. The highest BCUT2D eigenvalue weighted by atomic mass is 16.5. The Hall–Kier alpha value is -0.940. The normalized spacial score (nSPS) is 27.2. The summed E-state index contributed by atoms with van der Waals surface area (Å²) in [6, 6.07) is 0.999. The van der Waals surface area contributed by atoms with E-state index in [9.17, 15) is 0 Å². The molecule has 1 fully saturated rings. The number of rotatable bonds is 4. The van der Waals surface area contributed by atoms with Gasteiger partial charge in [-0.3, -0.25) is 0 Å². The molecule has 0 aromatic carbocycles. The molecule has 1 aromatic heterocycles. The molecule has 0 atom stereocenters. The van der Waals surface area contributed by atoms with Crippen molar-refractivity contribution < 1.29 is 4.52 Å². The second-order valence-electron chi connectivity index (χ2n) is 3.47. The van der Waals surface area contributed by atoms with Gasteiger partial charge in [-0.1, -0.05) is 5.16 Å². The van der Waals surface area contributed by atoms with Gasteiger partial charge in [0.1, 0.15) is 0 Å². The number of nitrogens with one attached hydrogen (secondary N) is 1. The van der Waals surface area contributed by atoms with Crippen molar-refractivity contribution in [3.05, 3.63) is 12.2 Å². The average molecular weight is 182 g/mol. The first-order valence-electron chi connectivity index (χ1n) is 4.59. The van der Waals surface area contributed by atoms with E-state index in [-0.39, 0.29) is 0 Å². The quantitative estimate of drug-likeness (QED) is 0.668. The fraction of sp³-hybridized carbons (Fsp3) is 0.750. The minimum Gasteiger partial charge on any atom is -0.340 e. The molecule has 0 aliphatic heterocycles. The summed E-state index contributed by atoms with van der Waals surface area (Å²) in [5.74, 6) is 0.691. The molecule has 1 heterocycles. The van der Waals surface area contributed by atoms with Crippen molar-refractivity contribution in [1.82, 2.24) is 15.5 Å². The fourth-order valence-corrected chi connectivity index (χ4v) is 1.52. The van der Waals surface area contributed by atoms with Gasteiger partial charge in [-0.2, -0.15) is 4.98 Å². The van der Waals surface area contributed by atoms with Gasteiger partial charge in [0.25, 0.3) is 0 Å².